The second kappa shape index (κ2) is 9.62. The maximum atomic E-state index is 14.2. The molecule has 0 bridgehead atoms. The lowest BCUT2D eigenvalue weighted by atomic mass is 10.1. The van der Waals surface area contributed by atoms with E-state index in [-0.39, 0.29) is 5.69 Å². The molecule has 3 aromatic rings. The minimum atomic E-state index is -0.641. The van der Waals surface area contributed by atoms with Crippen LogP contribution in [0, 0.1) is 12.7 Å². The minimum absolute atomic E-state index is 0.0749. The molecule has 0 saturated carbocycles. The van der Waals surface area contributed by atoms with Crippen LogP contribution in [0.25, 0.3) is 0 Å². The highest BCUT2D eigenvalue weighted by atomic mass is 19.1. The molecular weight excluding hydrogens is 403 g/mol. The molecular formula is C23H21FN2O5. The number of carbonyl (C=O) groups is 2. The fourth-order valence-corrected chi connectivity index (χ4v) is 2.79. The maximum absolute atomic E-state index is 14.2. The molecule has 1 heterocycles. The first-order chi connectivity index (χ1) is 14.9. The number of benzene rings is 2. The van der Waals surface area contributed by atoms with Gasteiger partial charge in [-0.15, -0.1) is 0 Å². The van der Waals surface area contributed by atoms with Gasteiger partial charge >= 0.3 is 0 Å². The highest BCUT2D eigenvalue weighted by Crippen LogP contribution is 2.29. The van der Waals surface area contributed by atoms with E-state index in [9.17, 15) is 14.0 Å². The molecule has 1 aromatic heterocycles. The van der Waals surface area contributed by atoms with Crippen LogP contribution in [0.3, 0.4) is 0 Å². The van der Waals surface area contributed by atoms with E-state index in [1.54, 1.807) is 25.1 Å². The average molecular weight is 424 g/mol. The van der Waals surface area contributed by atoms with E-state index >= 15 is 0 Å². The fourth-order valence-electron chi connectivity index (χ4n) is 2.79. The Morgan fingerprint density at radius 1 is 1.10 bits per heavy atom. The second-order valence-corrected chi connectivity index (χ2v) is 6.46. The van der Waals surface area contributed by atoms with Crippen molar-refractivity contribution < 1.29 is 27.9 Å². The first-order valence-electron chi connectivity index (χ1n) is 9.31. The lowest BCUT2D eigenvalue weighted by Crippen LogP contribution is -2.15. The van der Waals surface area contributed by atoms with Gasteiger partial charge in [0.2, 0.25) is 0 Å². The minimum Gasteiger partial charge on any atom is -0.493 e. The summed E-state index contributed by atoms with van der Waals surface area (Å²) in [6.45, 7) is 5.51. The van der Waals surface area contributed by atoms with Gasteiger partial charge in [0.05, 0.1) is 24.6 Å². The summed E-state index contributed by atoms with van der Waals surface area (Å²) in [5.41, 5.74) is 0.831. The topological polar surface area (TPSA) is 89.8 Å². The van der Waals surface area contributed by atoms with E-state index in [0.717, 1.165) is 6.07 Å². The number of anilines is 2. The number of carbonyl (C=O) groups excluding carboxylic acids is 2. The Labute approximate surface area is 178 Å². The molecule has 0 unspecified atom stereocenters. The third kappa shape index (κ3) is 5.11. The van der Waals surface area contributed by atoms with Gasteiger partial charge in [0.1, 0.15) is 18.2 Å². The average Bonchev–Trinajstić information content (AvgIpc) is 3.20. The Bertz CT molecular complexity index is 1120. The van der Waals surface area contributed by atoms with Gasteiger partial charge in [-0.3, -0.25) is 9.59 Å². The molecule has 2 aromatic carbocycles. The predicted molar refractivity (Wildman–Crippen MR) is 114 cm³/mol. The highest BCUT2D eigenvalue weighted by molar-refractivity contribution is 6.07. The number of hydrogen-bond donors (Lipinski definition) is 2. The lowest BCUT2D eigenvalue weighted by Gasteiger charge is -2.12. The quantitative estimate of drug-likeness (QED) is 0.507. The Hall–Kier alpha value is -4.07. The number of furan rings is 1. The predicted octanol–water partition coefficient (Wildman–Crippen LogP) is 4.81. The number of amides is 2. The molecule has 0 spiro atoms. The molecule has 0 aliphatic rings. The zero-order valence-electron chi connectivity index (χ0n) is 17.0. The third-order valence-electron chi connectivity index (χ3n) is 4.36. The van der Waals surface area contributed by atoms with Crippen molar-refractivity contribution in [2.75, 3.05) is 24.4 Å². The van der Waals surface area contributed by atoms with Crippen LogP contribution < -0.4 is 20.1 Å². The number of hydrogen-bond acceptors (Lipinski definition) is 5. The van der Waals surface area contributed by atoms with E-state index < -0.39 is 17.6 Å². The van der Waals surface area contributed by atoms with Crippen molar-refractivity contribution in [1.82, 2.24) is 0 Å². The van der Waals surface area contributed by atoms with Crippen LogP contribution >= 0.6 is 0 Å². The number of aryl methyl sites for hydroxylation is 1. The monoisotopic (exact) mass is 424 g/mol. The van der Waals surface area contributed by atoms with Crippen LogP contribution in [0.1, 0.15) is 26.5 Å². The van der Waals surface area contributed by atoms with Gasteiger partial charge in [0, 0.05) is 11.3 Å². The van der Waals surface area contributed by atoms with Gasteiger partial charge in [-0.2, -0.15) is 0 Å². The summed E-state index contributed by atoms with van der Waals surface area (Å²) in [4.78, 5) is 25.0. The molecule has 0 aliphatic heterocycles. The van der Waals surface area contributed by atoms with Crippen molar-refractivity contribution in [2.45, 2.75) is 6.92 Å². The normalized spacial score (nSPS) is 10.3. The van der Waals surface area contributed by atoms with Crippen molar-refractivity contribution in [2.24, 2.45) is 0 Å². The summed E-state index contributed by atoms with van der Waals surface area (Å²) in [6.07, 6.45) is 2.97. The molecule has 31 heavy (non-hydrogen) atoms. The summed E-state index contributed by atoms with van der Waals surface area (Å²) in [5, 5.41) is 5.15. The molecule has 0 radical (unpaired) electrons. The Kier molecular flexibility index (Phi) is 6.71. The van der Waals surface area contributed by atoms with Gasteiger partial charge in [0.25, 0.3) is 11.8 Å². The van der Waals surface area contributed by atoms with Gasteiger partial charge in [-0.05, 0) is 49.4 Å². The van der Waals surface area contributed by atoms with E-state index in [1.807, 2.05) is 0 Å². The zero-order chi connectivity index (χ0) is 22.4. The van der Waals surface area contributed by atoms with E-state index in [4.69, 9.17) is 13.9 Å². The SMILES string of the molecule is C=CCOc1ccc(C(=O)Nc2ccc(F)c(NC(=O)c3ccoc3C)c2)cc1OC. The van der Waals surface area contributed by atoms with Gasteiger partial charge in [-0.1, -0.05) is 12.7 Å². The standard InChI is InChI=1S/C23H21FN2O5/c1-4-10-31-20-8-5-15(12-21(20)29-3)22(27)25-16-6-7-18(24)19(13-16)26-23(28)17-9-11-30-14(17)2/h4-9,11-13H,1,10H2,2-3H3,(H,25,27)(H,26,28). The first-order valence-corrected chi connectivity index (χ1v) is 9.31. The second-order valence-electron chi connectivity index (χ2n) is 6.46. The first kappa shape index (κ1) is 21.6. The molecule has 0 atom stereocenters. The summed E-state index contributed by atoms with van der Waals surface area (Å²) >= 11 is 0. The van der Waals surface area contributed by atoms with Crippen molar-refractivity contribution in [3.63, 3.8) is 0 Å². The maximum Gasteiger partial charge on any atom is 0.259 e. The number of rotatable bonds is 8. The third-order valence-corrected chi connectivity index (χ3v) is 4.36. The van der Waals surface area contributed by atoms with Crippen molar-refractivity contribution in [3.05, 3.63) is 84.1 Å². The Morgan fingerprint density at radius 2 is 1.90 bits per heavy atom. The van der Waals surface area contributed by atoms with Crippen molar-refractivity contribution in [3.8, 4) is 11.5 Å². The molecule has 3 rings (SSSR count). The van der Waals surface area contributed by atoms with Crippen LogP contribution in [-0.4, -0.2) is 25.5 Å². The van der Waals surface area contributed by atoms with E-state index in [1.165, 1.54) is 37.6 Å². The highest BCUT2D eigenvalue weighted by Gasteiger charge is 2.16. The molecule has 0 saturated heterocycles. The van der Waals surface area contributed by atoms with E-state index in [2.05, 4.69) is 17.2 Å². The van der Waals surface area contributed by atoms with Crippen LogP contribution in [0.5, 0.6) is 11.5 Å². The Morgan fingerprint density at radius 3 is 2.58 bits per heavy atom. The molecule has 2 N–H and O–H groups in total. The summed E-state index contributed by atoms with van der Waals surface area (Å²) in [7, 11) is 1.47. The largest absolute Gasteiger partial charge is 0.493 e. The molecule has 0 aliphatic carbocycles. The fraction of sp³-hybridized carbons (Fsp3) is 0.130. The van der Waals surface area contributed by atoms with Crippen LogP contribution in [0.15, 0.2) is 65.8 Å². The Balaban J connectivity index is 1.76. The summed E-state index contributed by atoms with van der Waals surface area (Å²) in [6, 6.07) is 10.1. The van der Waals surface area contributed by atoms with Crippen molar-refractivity contribution in [1.29, 1.82) is 0 Å². The molecule has 8 heteroatoms. The van der Waals surface area contributed by atoms with Crippen LogP contribution in [0.2, 0.25) is 0 Å². The summed E-state index contributed by atoms with van der Waals surface area (Å²) in [5.74, 6) is -0.330. The number of nitrogens with one attached hydrogen (secondary N) is 2. The zero-order valence-corrected chi connectivity index (χ0v) is 17.0. The van der Waals surface area contributed by atoms with Gasteiger partial charge in [-0.25, -0.2) is 4.39 Å². The van der Waals surface area contributed by atoms with E-state index in [0.29, 0.717) is 40.7 Å². The van der Waals surface area contributed by atoms with Gasteiger partial charge in [0.15, 0.2) is 11.5 Å². The number of methoxy groups -OCH3 is 1. The summed E-state index contributed by atoms with van der Waals surface area (Å²) < 4.78 is 30.0. The molecule has 160 valence electrons. The van der Waals surface area contributed by atoms with Crippen LogP contribution in [-0.2, 0) is 0 Å². The molecule has 7 nitrogen and oxygen atoms in total. The van der Waals surface area contributed by atoms with Gasteiger partial charge < -0.3 is 24.5 Å². The molecule has 2 amide bonds. The smallest absolute Gasteiger partial charge is 0.259 e. The number of ether oxygens (including phenoxy) is 2. The lowest BCUT2D eigenvalue weighted by molar-refractivity contribution is 0.101. The van der Waals surface area contributed by atoms with Crippen molar-refractivity contribution >= 4 is 23.2 Å². The van der Waals surface area contributed by atoms with Crippen LogP contribution in [0.4, 0.5) is 15.8 Å². The number of halogens is 1. The molecule has 0 fully saturated rings.